The van der Waals surface area contributed by atoms with Crippen molar-refractivity contribution in [2.24, 2.45) is 7.05 Å². The molecular formula is C17H19N5O3S. The molecule has 0 unspecified atom stereocenters. The second kappa shape index (κ2) is 7.52. The average Bonchev–Trinajstić information content (AvgIpc) is 3.32. The van der Waals surface area contributed by atoms with Crippen LogP contribution in [-0.4, -0.2) is 38.0 Å². The number of ether oxygens (including phenoxy) is 1. The Kier molecular flexibility index (Phi) is 5.17. The number of aromatic nitrogens is 4. The van der Waals surface area contributed by atoms with E-state index in [1.807, 2.05) is 13.0 Å². The number of carbonyl (C=O) groups excluding carboxylic acids is 2. The van der Waals surface area contributed by atoms with Crippen molar-refractivity contribution in [3.63, 3.8) is 0 Å². The van der Waals surface area contributed by atoms with Gasteiger partial charge in [-0.1, -0.05) is 0 Å². The van der Waals surface area contributed by atoms with E-state index >= 15 is 0 Å². The molecule has 0 atom stereocenters. The predicted octanol–water partition coefficient (Wildman–Crippen LogP) is 2.47. The summed E-state index contributed by atoms with van der Waals surface area (Å²) in [7, 11) is 1.77. The lowest BCUT2D eigenvalue weighted by Crippen LogP contribution is -2.21. The maximum Gasteiger partial charge on any atom is 0.348 e. The van der Waals surface area contributed by atoms with Crippen LogP contribution in [0.25, 0.3) is 10.4 Å². The first kappa shape index (κ1) is 17.9. The van der Waals surface area contributed by atoms with Gasteiger partial charge in [0.15, 0.2) is 0 Å². The van der Waals surface area contributed by atoms with Crippen LogP contribution in [-0.2, 0) is 23.1 Å². The van der Waals surface area contributed by atoms with Crippen LogP contribution in [0.5, 0.6) is 0 Å². The number of hydrogen-bond acceptors (Lipinski definition) is 6. The molecule has 9 heteroatoms. The molecule has 1 N–H and O–H groups in total. The smallest absolute Gasteiger partial charge is 0.348 e. The van der Waals surface area contributed by atoms with Crippen LogP contribution < -0.4 is 5.32 Å². The molecule has 3 aromatic heterocycles. The number of esters is 1. The molecule has 0 aliphatic rings. The standard InChI is InChI=1S/C17H19N5O3S/c1-4-25-17(24)14-6-5-13(26-14)12-8-19-22(9-12)10-15(23)20-16-11(2)7-18-21(16)3/h5-9H,4,10H2,1-3H3,(H,20,23). The first-order valence-electron chi connectivity index (χ1n) is 8.06. The van der Waals surface area contributed by atoms with Gasteiger partial charge in [0.05, 0.1) is 19.0 Å². The van der Waals surface area contributed by atoms with Crippen LogP contribution in [0.2, 0.25) is 0 Å². The van der Waals surface area contributed by atoms with E-state index in [2.05, 4.69) is 15.5 Å². The number of nitrogens with one attached hydrogen (secondary N) is 1. The molecule has 3 aromatic rings. The number of aryl methyl sites for hydroxylation is 2. The summed E-state index contributed by atoms with van der Waals surface area (Å²) in [6.45, 7) is 4.08. The van der Waals surface area contributed by atoms with E-state index < -0.39 is 0 Å². The molecule has 0 saturated heterocycles. The largest absolute Gasteiger partial charge is 0.462 e. The van der Waals surface area contributed by atoms with Crippen molar-refractivity contribution in [2.45, 2.75) is 20.4 Å². The maximum atomic E-state index is 12.2. The Hall–Kier alpha value is -2.94. The second-order valence-electron chi connectivity index (χ2n) is 5.66. The minimum Gasteiger partial charge on any atom is -0.462 e. The van der Waals surface area contributed by atoms with E-state index in [4.69, 9.17) is 4.74 Å². The van der Waals surface area contributed by atoms with Crippen LogP contribution in [0.4, 0.5) is 5.82 Å². The van der Waals surface area contributed by atoms with Gasteiger partial charge in [-0.3, -0.25) is 14.2 Å². The monoisotopic (exact) mass is 373 g/mol. The Morgan fingerprint density at radius 3 is 2.77 bits per heavy atom. The number of amides is 1. The van der Waals surface area contributed by atoms with Crippen molar-refractivity contribution in [3.8, 4) is 10.4 Å². The zero-order valence-electron chi connectivity index (χ0n) is 14.7. The molecule has 1 amide bonds. The lowest BCUT2D eigenvalue weighted by atomic mass is 10.3. The highest BCUT2D eigenvalue weighted by molar-refractivity contribution is 7.17. The van der Waals surface area contributed by atoms with Gasteiger partial charge in [0, 0.05) is 29.2 Å². The van der Waals surface area contributed by atoms with Gasteiger partial charge in [-0.25, -0.2) is 4.79 Å². The zero-order valence-corrected chi connectivity index (χ0v) is 15.5. The lowest BCUT2D eigenvalue weighted by Gasteiger charge is -2.06. The molecule has 3 heterocycles. The molecular weight excluding hydrogens is 354 g/mol. The zero-order chi connectivity index (χ0) is 18.7. The third kappa shape index (κ3) is 3.83. The summed E-state index contributed by atoms with van der Waals surface area (Å²) in [6.07, 6.45) is 5.14. The Morgan fingerprint density at radius 2 is 2.08 bits per heavy atom. The molecule has 0 aromatic carbocycles. The van der Waals surface area contributed by atoms with Gasteiger partial charge >= 0.3 is 5.97 Å². The first-order chi connectivity index (χ1) is 12.5. The third-order valence-corrected chi connectivity index (χ3v) is 4.80. The van der Waals surface area contributed by atoms with Crippen molar-refractivity contribution in [1.29, 1.82) is 0 Å². The van der Waals surface area contributed by atoms with E-state index in [0.29, 0.717) is 17.3 Å². The van der Waals surface area contributed by atoms with Crippen LogP contribution in [0.15, 0.2) is 30.7 Å². The van der Waals surface area contributed by atoms with E-state index in [1.54, 1.807) is 48.0 Å². The average molecular weight is 373 g/mol. The minimum absolute atomic E-state index is 0.0841. The summed E-state index contributed by atoms with van der Waals surface area (Å²) in [5.74, 6) is 0.145. The number of thiophene rings is 1. The van der Waals surface area contributed by atoms with Gasteiger partial charge in [0.2, 0.25) is 5.91 Å². The van der Waals surface area contributed by atoms with E-state index in [1.165, 1.54) is 11.3 Å². The number of hydrogen-bond donors (Lipinski definition) is 1. The molecule has 0 bridgehead atoms. The predicted molar refractivity (Wildman–Crippen MR) is 98.1 cm³/mol. The van der Waals surface area contributed by atoms with Crippen LogP contribution in [0.1, 0.15) is 22.2 Å². The number of carbonyl (C=O) groups is 2. The van der Waals surface area contributed by atoms with Crippen molar-refractivity contribution in [1.82, 2.24) is 19.6 Å². The summed E-state index contributed by atoms with van der Waals surface area (Å²) in [4.78, 5) is 25.4. The minimum atomic E-state index is -0.331. The molecule has 3 rings (SSSR count). The highest BCUT2D eigenvalue weighted by atomic mass is 32.1. The topological polar surface area (TPSA) is 91.0 Å². The molecule has 136 valence electrons. The number of anilines is 1. The lowest BCUT2D eigenvalue weighted by molar-refractivity contribution is -0.117. The van der Waals surface area contributed by atoms with Crippen LogP contribution in [0, 0.1) is 6.92 Å². The van der Waals surface area contributed by atoms with Crippen LogP contribution in [0.3, 0.4) is 0 Å². The van der Waals surface area contributed by atoms with Crippen molar-refractivity contribution in [3.05, 3.63) is 41.2 Å². The fourth-order valence-electron chi connectivity index (χ4n) is 2.43. The summed E-state index contributed by atoms with van der Waals surface area (Å²) in [5.41, 5.74) is 1.74. The number of rotatable bonds is 6. The molecule has 0 saturated carbocycles. The summed E-state index contributed by atoms with van der Waals surface area (Å²) in [5, 5.41) is 11.1. The van der Waals surface area contributed by atoms with Gasteiger partial charge in [0.25, 0.3) is 0 Å². The highest BCUT2D eigenvalue weighted by Crippen LogP contribution is 2.28. The summed E-state index contributed by atoms with van der Waals surface area (Å²) >= 11 is 1.33. The normalized spacial score (nSPS) is 10.7. The number of nitrogens with zero attached hydrogens (tertiary/aromatic N) is 4. The Morgan fingerprint density at radius 1 is 1.27 bits per heavy atom. The molecule has 0 aliphatic heterocycles. The Bertz CT molecular complexity index is 921. The molecule has 8 nitrogen and oxygen atoms in total. The first-order valence-corrected chi connectivity index (χ1v) is 8.87. The molecule has 0 aliphatic carbocycles. The van der Waals surface area contributed by atoms with Gasteiger partial charge in [0.1, 0.15) is 17.2 Å². The molecule has 0 fully saturated rings. The van der Waals surface area contributed by atoms with E-state index in [9.17, 15) is 9.59 Å². The van der Waals surface area contributed by atoms with Gasteiger partial charge in [-0.15, -0.1) is 11.3 Å². The third-order valence-electron chi connectivity index (χ3n) is 3.69. The van der Waals surface area contributed by atoms with Crippen LogP contribution >= 0.6 is 11.3 Å². The quantitative estimate of drug-likeness (QED) is 0.670. The molecule has 0 radical (unpaired) electrons. The maximum absolute atomic E-state index is 12.2. The van der Waals surface area contributed by atoms with Gasteiger partial charge < -0.3 is 10.1 Å². The van der Waals surface area contributed by atoms with E-state index in [-0.39, 0.29) is 18.4 Å². The molecule has 26 heavy (non-hydrogen) atoms. The fraction of sp³-hybridized carbons (Fsp3) is 0.294. The van der Waals surface area contributed by atoms with Gasteiger partial charge in [-0.2, -0.15) is 10.2 Å². The fourth-order valence-corrected chi connectivity index (χ4v) is 3.30. The van der Waals surface area contributed by atoms with Crippen molar-refractivity contribution >= 4 is 29.0 Å². The van der Waals surface area contributed by atoms with Gasteiger partial charge in [-0.05, 0) is 26.0 Å². The highest BCUT2D eigenvalue weighted by Gasteiger charge is 2.14. The second-order valence-corrected chi connectivity index (χ2v) is 6.74. The van der Waals surface area contributed by atoms with Crippen molar-refractivity contribution < 1.29 is 14.3 Å². The summed E-state index contributed by atoms with van der Waals surface area (Å²) in [6, 6.07) is 3.57. The Labute approximate surface area is 154 Å². The molecule has 0 spiro atoms. The van der Waals surface area contributed by atoms with Crippen molar-refractivity contribution in [2.75, 3.05) is 11.9 Å². The van der Waals surface area contributed by atoms with E-state index in [0.717, 1.165) is 16.0 Å². The SMILES string of the molecule is CCOC(=O)c1ccc(-c2cnn(CC(=O)Nc3c(C)cnn3C)c2)s1. The summed E-state index contributed by atoms with van der Waals surface area (Å²) < 4.78 is 8.17. The Balaban J connectivity index is 1.66.